The van der Waals surface area contributed by atoms with Crippen molar-refractivity contribution < 1.29 is 5.11 Å². The third-order valence-corrected chi connectivity index (χ3v) is 2.15. The van der Waals surface area contributed by atoms with Crippen LogP contribution in [0.2, 0.25) is 0 Å². The Kier molecular flexibility index (Phi) is 4.43. The summed E-state index contributed by atoms with van der Waals surface area (Å²) < 4.78 is 0. The molecule has 0 unspecified atom stereocenters. The average Bonchev–Trinajstić information content (AvgIpc) is 2.75. The number of aliphatic hydroxyl groups is 1. The molecule has 1 aliphatic heterocycles. The molecule has 0 radical (unpaired) electrons. The highest BCUT2D eigenvalue weighted by molar-refractivity contribution is 5.14. The molecule has 2 heterocycles. The SMILES string of the molecule is CO.c1cncc([C@@H]2CCCN2)c1. The molecule has 13 heavy (non-hydrogen) atoms. The Hall–Kier alpha value is -0.930. The van der Waals surface area contributed by atoms with E-state index in [-0.39, 0.29) is 0 Å². The molecule has 2 rings (SSSR count). The van der Waals surface area contributed by atoms with Crippen LogP contribution in [0.3, 0.4) is 0 Å². The van der Waals surface area contributed by atoms with Gasteiger partial charge in [-0.25, -0.2) is 0 Å². The number of hydrogen-bond donors (Lipinski definition) is 2. The van der Waals surface area contributed by atoms with Crippen molar-refractivity contribution in [2.75, 3.05) is 13.7 Å². The number of aromatic nitrogens is 1. The van der Waals surface area contributed by atoms with Crippen LogP contribution in [0.1, 0.15) is 24.4 Å². The van der Waals surface area contributed by atoms with Crippen LogP contribution in [0.5, 0.6) is 0 Å². The van der Waals surface area contributed by atoms with E-state index < -0.39 is 0 Å². The summed E-state index contributed by atoms with van der Waals surface area (Å²) in [4.78, 5) is 4.09. The van der Waals surface area contributed by atoms with Crippen molar-refractivity contribution in [2.45, 2.75) is 18.9 Å². The summed E-state index contributed by atoms with van der Waals surface area (Å²) in [5.41, 5.74) is 1.32. The maximum Gasteiger partial charge on any atom is 0.0335 e. The molecule has 1 aromatic rings. The number of rotatable bonds is 1. The summed E-state index contributed by atoms with van der Waals surface area (Å²) in [6.07, 6.45) is 6.31. The van der Waals surface area contributed by atoms with E-state index in [2.05, 4.69) is 16.4 Å². The number of hydrogen-bond acceptors (Lipinski definition) is 3. The monoisotopic (exact) mass is 180 g/mol. The van der Waals surface area contributed by atoms with Crippen molar-refractivity contribution in [2.24, 2.45) is 0 Å². The molecule has 0 aliphatic carbocycles. The predicted octanol–water partition coefficient (Wildman–Crippen LogP) is 1.11. The second-order valence-corrected chi connectivity index (χ2v) is 2.94. The van der Waals surface area contributed by atoms with Gasteiger partial charge >= 0.3 is 0 Å². The molecular formula is C10H16N2O. The van der Waals surface area contributed by atoms with Crippen LogP contribution in [0, 0.1) is 0 Å². The summed E-state index contributed by atoms with van der Waals surface area (Å²) in [5, 5.41) is 10.4. The lowest BCUT2D eigenvalue weighted by molar-refractivity contribution is 0.399. The third kappa shape index (κ3) is 2.79. The minimum Gasteiger partial charge on any atom is -0.400 e. The molecule has 72 valence electrons. The highest BCUT2D eigenvalue weighted by atomic mass is 16.2. The summed E-state index contributed by atoms with van der Waals surface area (Å²) in [5.74, 6) is 0. The van der Waals surface area contributed by atoms with Crippen LogP contribution in [0.15, 0.2) is 24.5 Å². The first-order chi connectivity index (χ1) is 6.47. The molecule has 3 heteroatoms. The van der Waals surface area contributed by atoms with Gasteiger partial charge in [-0.3, -0.25) is 4.98 Å². The van der Waals surface area contributed by atoms with Crippen molar-refractivity contribution in [1.29, 1.82) is 0 Å². The fraction of sp³-hybridized carbons (Fsp3) is 0.500. The Bertz CT molecular complexity index is 220. The summed E-state index contributed by atoms with van der Waals surface area (Å²) >= 11 is 0. The van der Waals surface area contributed by atoms with Crippen LogP contribution in [0.25, 0.3) is 0 Å². The lowest BCUT2D eigenvalue weighted by Crippen LogP contribution is -2.12. The van der Waals surface area contributed by atoms with Gasteiger partial charge in [0.05, 0.1) is 0 Å². The Balaban J connectivity index is 0.000000396. The average molecular weight is 180 g/mol. The molecule has 0 amide bonds. The second kappa shape index (κ2) is 5.67. The molecule has 0 saturated carbocycles. The van der Waals surface area contributed by atoms with Gasteiger partial charge in [0.25, 0.3) is 0 Å². The van der Waals surface area contributed by atoms with Crippen molar-refractivity contribution in [3.8, 4) is 0 Å². The van der Waals surface area contributed by atoms with Gasteiger partial charge in [-0.05, 0) is 31.0 Å². The van der Waals surface area contributed by atoms with E-state index in [4.69, 9.17) is 5.11 Å². The molecule has 1 aliphatic rings. The maximum atomic E-state index is 7.00. The highest BCUT2D eigenvalue weighted by Crippen LogP contribution is 2.21. The Morgan fingerprint density at radius 2 is 2.38 bits per heavy atom. The lowest BCUT2D eigenvalue weighted by atomic mass is 10.1. The van der Waals surface area contributed by atoms with Crippen molar-refractivity contribution >= 4 is 0 Å². The zero-order valence-corrected chi connectivity index (χ0v) is 7.90. The van der Waals surface area contributed by atoms with Crippen LogP contribution in [-0.4, -0.2) is 23.7 Å². The predicted molar refractivity (Wildman–Crippen MR) is 52.4 cm³/mol. The van der Waals surface area contributed by atoms with Gasteiger partial charge in [0.15, 0.2) is 0 Å². The molecule has 2 N–H and O–H groups in total. The van der Waals surface area contributed by atoms with Crippen LogP contribution in [-0.2, 0) is 0 Å². The molecule has 1 atom stereocenters. The smallest absolute Gasteiger partial charge is 0.0335 e. The highest BCUT2D eigenvalue weighted by Gasteiger charge is 2.15. The largest absolute Gasteiger partial charge is 0.400 e. The maximum absolute atomic E-state index is 7.00. The van der Waals surface area contributed by atoms with Gasteiger partial charge < -0.3 is 10.4 Å². The minimum atomic E-state index is 0.559. The van der Waals surface area contributed by atoms with Gasteiger partial charge in [-0.15, -0.1) is 0 Å². The number of nitrogens with zero attached hydrogens (tertiary/aromatic N) is 1. The van der Waals surface area contributed by atoms with Crippen LogP contribution in [0.4, 0.5) is 0 Å². The Labute approximate surface area is 78.8 Å². The first-order valence-electron chi connectivity index (χ1n) is 4.55. The number of aliphatic hydroxyl groups excluding tert-OH is 1. The summed E-state index contributed by atoms with van der Waals surface area (Å²) in [6, 6.07) is 4.69. The molecule has 3 nitrogen and oxygen atoms in total. The standard InChI is InChI=1S/C9H12N2.CH4O/c1-3-8(7-10-5-1)9-4-2-6-11-9;1-2/h1,3,5,7,9,11H,2,4,6H2;2H,1H3/t9-;/m0./s1. The van der Waals surface area contributed by atoms with Crippen LogP contribution < -0.4 is 5.32 Å². The van der Waals surface area contributed by atoms with Gasteiger partial charge in [0.2, 0.25) is 0 Å². The lowest BCUT2D eigenvalue weighted by Gasteiger charge is -2.08. The van der Waals surface area contributed by atoms with E-state index in [1.165, 1.54) is 18.4 Å². The summed E-state index contributed by atoms with van der Waals surface area (Å²) in [7, 11) is 1.00. The quantitative estimate of drug-likeness (QED) is 0.680. The van der Waals surface area contributed by atoms with E-state index in [0.717, 1.165) is 13.7 Å². The van der Waals surface area contributed by atoms with Gasteiger partial charge in [-0.1, -0.05) is 6.07 Å². The second-order valence-electron chi connectivity index (χ2n) is 2.94. The van der Waals surface area contributed by atoms with Crippen molar-refractivity contribution in [1.82, 2.24) is 10.3 Å². The molecule has 1 saturated heterocycles. The first kappa shape index (κ1) is 10.2. The number of pyridine rings is 1. The fourth-order valence-corrected chi connectivity index (χ4v) is 1.55. The Morgan fingerprint density at radius 1 is 1.54 bits per heavy atom. The van der Waals surface area contributed by atoms with E-state index in [0.29, 0.717) is 6.04 Å². The normalized spacial score (nSPS) is 20.6. The molecule has 0 aromatic carbocycles. The van der Waals surface area contributed by atoms with Gasteiger partial charge in [0.1, 0.15) is 0 Å². The Morgan fingerprint density at radius 3 is 2.92 bits per heavy atom. The van der Waals surface area contributed by atoms with Crippen LogP contribution >= 0.6 is 0 Å². The van der Waals surface area contributed by atoms with Gasteiger partial charge in [-0.2, -0.15) is 0 Å². The van der Waals surface area contributed by atoms with Gasteiger partial charge in [0, 0.05) is 25.5 Å². The molecular weight excluding hydrogens is 164 g/mol. The first-order valence-corrected chi connectivity index (χ1v) is 4.55. The molecule has 1 aromatic heterocycles. The minimum absolute atomic E-state index is 0.559. The zero-order chi connectivity index (χ0) is 9.52. The summed E-state index contributed by atoms with van der Waals surface area (Å²) in [6.45, 7) is 1.15. The number of nitrogens with one attached hydrogen (secondary N) is 1. The molecule has 1 fully saturated rings. The van der Waals surface area contributed by atoms with Crippen molar-refractivity contribution in [3.05, 3.63) is 30.1 Å². The van der Waals surface area contributed by atoms with E-state index in [9.17, 15) is 0 Å². The fourth-order valence-electron chi connectivity index (χ4n) is 1.55. The van der Waals surface area contributed by atoms with E-state index in [1.54, 1.807) is 0 Å². The molecule has 0 bridgehead atoms. The van der Waals surface area contributed by atoms with E-state index in [1.807, 2.05) is 18.5 Å². The van der Waals surface area contributed by atoms with Crippen molar-refractivity contribution in [3.63, 3.8) is 0 Å². The zero-order valence-electron chi connectivity index (χ0n) is 7.90. The molecule has 0 spiro atoms. The topological polar surface area (TPSA) is 45.2 Å². The van der Waals surface area contributed by atoms with E-state index >= 15 is 0 Å². The third-order valence-electron chi connectivity index (χ3n) is 2.15.